The minimum Gasteiger partial charge on any atom is -0.393 e. The molecule has 0 unspecified atom stereocenters. The van der Waals surface area contributed by atoms with Crippen molar-refractivity contribution in [1.82, 2.24) is 4.90 Å². The number of likely N-dealkylation sites (tertiary alicyclic amines) is 1. The van der Waals surface area contributed by atoms with Crippen molar-refractivity contribution in [3.8, 4) is 0 Å². The van der Waals surface area contributed by atoms with Crippen LogP contribution in [0.3, 0.4) is 0 Å². The molecule has 1 heterocycles. The van der Waals surface area contributed by atoms with Crippen LogP contribution in [-0.2, 0) is 11.2 Å². The number of carbonyl (C=O) groups excluding carboxylic acids is 2. The molecule has 0 spiro atoms. The van der Waals surface area contributed by atoms with Crippen molar-refractivity contribution in [2.45, 2.75) is 25.4 Å². The van der Waals surface area contributed by atoms with Crippen molar-refractivity contribution >= 4 is 23.3 Å². The zero-order valence-corrected chi connectivity index (χ0v) is 15.1. The molecule has 1 aliphatic heterocycles. The third-order valence-electron chi connectivity index (χ3n) is 4.59. The number of benzene rings is 2. The number of rotatable bonds is 4. The molecular weight excluding hydrogens is 368 g/mol. The van der Waals surface area contributed by atoms with E-state index in [1.165, 1.54) is 6.07 Å². The Hall–Kier alpha value is -3.00. The molecule has 0 aliphatic carbocycles. The van der Waals surface area contributed by atoms with Crippen LogP contribution in [0.15, 0.2) is 42.5 Å². The monoisotopic (exact) mass is 389 g/mol. The third kappa shape index (κ3) is 5.04. The van der Waals surface area contributed by atoms with E-state index in [4.69, 9.17) is 0 Å². The first-order chi connectivity index (χ1) is 13.4. The second kappa shape index (κ2) is 8.79. The van der Waals surface area contributed by atoms with Gasteiger partial charge < -0.3 is 20.6 Å². The summed E-state index contributed by atoms with van der Waals surface area (Å²) >= 11 is 0. The topological polar surface area (TPSA) is 81.7 Å². The van der Waals surface area contributed by atoms with Gasteiger partial charge in [-0.25, -0.2) is 13.6 Å². The maximum absolute atomic E-state index is 13.6. The molecule has 28 heavy (non-hydrogen) atoms. The van der Waals surface area contributed by atoms with Crippen LogP contribution in [0.25, 0.3) is 0 Å². The molecule has 0 aromatic heterocycles. The Kier molecular flexibility index (Phi) is 6.20. The molecular formula is C20H21F2N3O3. The first-order valence-electron chi connectivity index (χ1n) is 8.99. The summed E-state index contributed by atoms with van der Waals surface area (Å²) in [7, 11) is 0. The Morgan fingerprint density at radius 2 is 1.61 bits per heavy atom. The van der Waals surface area contributed by atoms with Crippen LogP contribution in [0.2, 0.25) is 0 Å². The second-order valence-corrected chi connectivity index (χ2v) is 6.66. The molecule has 6 nitrogen and oxygen atoms in total. The van der Waals surface area contributed by atoms with Crippen molar-refractivity contribution in [2.24, 2.45) is 0 Å². The van der Waals surface area contributed by atoms with E-state index < -0.39 is 23.4 Å². The maximum Gasteiger partial charge on any atom is 0.323 e. The summed E-state index contributed by atoms with van der Waals surface area (Å²) in [6, 6.07) is 9.16. The molecule has 0 atom stereocenters. The standard InChI is InChI=1S/C20H21F2N3O3/c21-16-2-1-3-17(22)19(16)24-20(28)23-14-6-4-13(5-7-14)12-18(27)25-10-8-15(26)9-11-25/h1-7,15,26H,8-12H2,(H2,23,24,28). The van der Waals surface area contributed by atoms with Crippen molar-refractivity contribution < 1.29 is 23.5 Å². The van der Waals surface area contributed by atoms with E-state index in [1.54, 1.807) is 29.2 Å². The van der Waals surface area contributed by atoms with E-state index in [-0.39, 0.29) is 18.4 Å². The van der Waals surface area contributed by atoms with E-state index in [2.05, 4.69) is 10.6 Å². The SMILES string of the molecule is O=C(Nc1ccc(CC(=O)N2CCC(O)CC2)cc1)Nc1c(F)cccc1F. The van der Waals surface area contributed by atoms with Gasteiger partial charge in [-0.1, -0.05) is 18.2 Å². The zero-order chi connectivity index (χ0) is 20.1. The quantitative estimate of drug-likeness (QED) is 0.752. The fraction of sp³-hybridized carbons (Fsp3) is 0.300. The molecule has 0 radical (unpaired) electrons. The number of nitrogens with zero attached hydrogens (tertiary/aromatic N) is 1. The largest absolute Gasteiger partial charge is 0.393 e. The molecule has 3 N–H and O–H groups in total. The Bertz CT molecular complexity index is 830. The maximum atomic E-state index is 13.6. The summed E-state index contributed by atoms with van der Waals surface area (Å²) in [5.74, 6) is -1.75. The van der Waals surface area contributed by atoms with Gasteiger partial charge in [0, 0.05) is 18.8 Å². The van der Waals surface area contributed by atoms with Crippen molar-refractivity contribution in [3.63, 3.8) is 0 Å². The van der Waals surface area contributed by atoms with Crippen LogP contribution in [-0.4, -0.2) is 41.1 Å². The van der Waals surface area contributed by atoms with Crippen molar-refractivity contribution in [2.75, 3.05) is 23.7 Å². The van der Waals surface area contributed by atoms with E-state index in [9.17, 15) is 23.5 Å². The van der Waals surface area contributed by atoms with Gasteiger partial charge in [0.2, 0.25) is 5.91 Å². The summed E-state index contributed by atoms with van der Waals surface area (Å²) in [5.41, 5.74) is 0.683. The molecule has 2 aromatic rings. The first kappa shape index (κ1) is 19.8. The lowest BCUT2D eigenvalue weighted by molar-refractivity contribution is -0.132. The van der Waals surface area contributed by atoms with Gasteiger partial charge in [-0.05, 0) is 42.7 Å². The first-order valence-corrected chi connectivity index (χ1v) is 8.99. The third-order valence-corrected chi connectivity index (χ3v) is 4.59. The number of hydrogen-bond donors (Lipinski definition) is 3. The van der Waals surface area contributed by atoms with E-state index in [0.717, 1.165) is 17.7 Å². The Balaban J connectivity index is 1.54. The molecule has 1 saturated heterocycles. The summed E-state index contributed by atoms with van der Waals surface area (Å²) in [6.07, 6.45) is 1.07. The summed E-state index contributed by atoms with van der Waals surface area (Å²) in [4.78, 5) is 26.0. The minimum atomic E-state index is -0.866. The van der Waals surface area contributed by atoms with Gasteiger partial charge in [0.05, 0.1) is 12.5 Å². The number of anilines is 2. The van der Waals surface area contributed by atoms with Gasteiger partial charge in [0.15, 0.2) is 0 Å². The average Bonchev–Trinajstić information content (AvgIpc) is 2.67. The molecule has 0 saturated carbocycles. The number of hydrogen-bond acceptors (Lipinski definition) is 3. The van der Waals surface area contributed by atoms with Crippen LogP contribution in [0.5, 0.6) is 0 Å². The van der Waals surface area contributed by atoms with Crippen LogP contribution in [0.1, 0.15) is 18.4 Å². The van der Waals surface area contributed by atoms with Gasteiger partial charge >= 0.3 is 6.03 Å². The predicted molar refractivity (Wildman–Crippen MR) is 101 cm³/mol. The number of carbonyl (C=O) groups is 2. The van der Waals surface area contributed by atoms with Gasteiger partial charge in [0.25, 0.3) is 0 Å². The van der Waals surface area contributed by atoms with Gasteiger partial charge in [0.1, 0.15) is 17.3 Å². The highest BCUT2D eigenvalue weighted by Gasteiger charge is 2.21. The highest BCUT2D eigenvalue weighted by atomic mass is 19.1. The van der Waals surface area contributed by atoms with Crippen molar-refractivity contribution in [3.05, 3.63) is 59.7 Å². The number of piperidine rings is 1. The molecule has 0 bridgehead atoms. The Morgan fingerprint density at radius 1 is 1.00 bits per heavy atom. The molecule has 1 fully saturated rings. The lowest BCUT2D eigenvalue weighted by Crippen LogP contribution is -2.40. The lowest BCUT2D eigenvalue weighted by Gasteiger charge is -2.29. The smallest absolute Gasteiger partial charge is 0.323 e. The predicted octanol–water partition coefficient (Wildman–Crippen LogP) is 3.13. The number of amides is 3. The van der Waals surface area contributed by atoms with Gasteiger partial charge in [-0.3, -0.25) is 4.79 Å². The summed E-state index contributed by atoms with van der Waals surface area (Å²) < 4.78 is 27.1. The summed E-state index contributed by atoms with van der Waals surface area (Å²) in [5, 5.41) is 14.1. The molecule has 1 aliphatic rings. The van der Waals surface area contributed by atoms with E-state index in [1.807, 2.05) is 0 Å². The van der Waals surface area contributed by atoms with Crippen molar-refractivity contribution in [1.29, 1.82) is 0 Å². The number of nitrogens with one attached hydrogen (secondary N) is 2. The number of halogens is 2. The lowest BCUT2D eigenvalue weighted by atomic mass is 10.1. The Morgan fingerprint density at radius 3 is 2.21 bits per heavy atom. The number of aliphatic hydroxyl groups excluding tert-OH is 1. The highest BCUT2D eigenvalue weighted by Crippen LogP contribution is 2.19. The van der Waals surface area contributed by atoms with Gasteiger partial charge in [-0.15, -0.1) is 0 Å². The molecule has 2 aromatic carbocycles. The molecule has 148 valence electrons. The fourth-order valence-electron chi connectivity index (χ4n) is 3.00. The molecule has 3 rings (SSSR count). The molecule has 3 amide bonds. The highest BCUT2D eigenvalue weighted by molar-refractivity contribution is 5.99. The molecule has 8 heteroatoms. The average molecular weight is 389 g/mol. The van der Waals surface area contributed by atoms with Gasteiger partial charge in [-0.2, -0.15) is 0 Å². The number of urea groups is 1. The summed E-state index contributed by atoms with van der Waals surface area (Å²) in [6.45, 7) is 1.10. The van der Waals surface area contributed by atoms with E-state index in [0.29, 0.717) is 31.6 Å². The second-order valence-electron chi connectivity index (χ2n) is 6.66. The number of aliphatic hydroxyl groups is 1. The number of para-hydroxylation sites is 1. The van der Waals surface area contributed by atoms with Crippen LogP contribution in [0.4, 0.5) is 25.0 Å². The van der Waals surface area contributed by atoms with Crippen LogP contribution in [0, 0.1) is 11.6 Å². The fourth-order valence-corrected chi connectivity index (χ4v) is 3.00. The van der Waals surface area contributed by atoms with E-state index >= 15 is 0 Å². The Labute approximate surface area is 161 Å². The van der Waals surface area contributed by atoms with Crippen LogP contribution < -0.4 is 10.6 Å². The minimum absolute atomic E-state index is 0.0135. The normalized spacial score (nSPS) is 14.6. The van der Waals surface area contributed by atoms with Crippen LogP contribution >= 0.6 is 0 Å². The zero-order valence-electron chi connectivity index (χ0n) is 15.1.